The number of imidazole rings is 1. The number of aryl methyl sites for hydroxylation is 1. The molecule has 2 N–H and O–H groups in total. The van der Waals surface area contributed by atoms with Gasteiger partial charge in [-0.2, -0.15) is 18.3 Å². The first kappa shape index (κ1) is 16.2. The predicted molar refractivity (Wildman–Crippen MR) is 92.2 cm³/mol. The molecule has 0 radical (unpaired) electrons. The zero-order chi connectivity index (χ0) is 18.5. The maximum Gasteiger partial charge on any atom is 0.433 e. The van der Waals surface area contributed by atoms with E-state index < -0.39 is 11.9 Å². The smallest absolute Gasteiger partial charge is 0.398 e. The van der Waals surface area contributed by atoms with Crippen molar-refractivity contribution < 1.29 is 13.2 Å². The van der Waals surface area contributed by atoms with Gasteiger partial charge in [0.15, 0.2) is 0 Å². The zero-order valence-corrected chi connectivity index (χ0v) is 13.7. The first-order valence-corrected chi connectivity index (χ1v) is 7.77. The van der Waals surface area contributed by atoms with Gasteiger partial charge in [0.1, 0.15) is 11.3 Å². The van der Waals surface area contributed by atoms with Crippen LogP contribution in [0.15, 0.2) is 54.9 Å². The van der Waals surface area contributed by atoms with Gasteiger partial charge in [-0.3, -0.25) is 4.68 Å². The van der Waals surface area contributed by atoms with Crippen molar-refractivity contribution in [2.24, 2.45) is 7.05 Å². The monoisotopic (exact) mass is 357 g/mol. The number of nitrogens with two attached hydrogens (primary N) is 1. The highest BCUT2D eigenvalue weighted by molar-refractivity contribution is 5.68. The van der Waals surface area contributed by atoms with E-state index in [0.717, 1.165) is 27.7 Å². The third-order valence-electron chi connectivity index (χ3n) is 4.12. The van der Waals surface area contributed by atoms with E-state index in [2.05, 4.69) is 10.1 Å². The normalized spacial score (nSPS) is 12.0. The van der Waals surface area contributed by atoms with E-state index in [1.165, 1.54) is 7.05 Å². The molecule has 0 bridgehead atoms. The van der Waals surface area contributed by atoms with Crippen LogP contribution < -0.4 is 5.73 Å². The summed E-state index contributed by atoms with van der Waals surface area (Å²) in [5.74, 6) is 0. The molecule has 0 aliphatic heterocycles. The number of hydrogen-bond donors (Lipinski definition) is 1. The van der Waals surface area contributed by atoms with Crippen LogP contribution in [-0.4, -0.2) is 19.2 Å². The lowest BCUT2D eigenvalue weighted by Crippen LogP contribution is -2.11. The van der Waals surface area contributed by atoms with E-state index in [-0.39, 0.29) is 5.69 Å². The molecule has 0 amide bonds. The van der Waals surface area contributed by atoms with Crippen molar-refractivity contribution in [2.45, 2.75) is 6.18 Å². The summed E-state index contributed by atoms with van der Waals surface area (Å²) in [6, 6.07) is 11.7. The van der Waals surface area contributed by atoms with Gasteiger partial charge in [0, 0.05) is 36.3 Å². The molecule has 0 aliphatic carbocycles. The minimum atomic E-state index is -4.43. The topological polar surface area (TPSA) is 61.1 Å². The number of pyridine rings is 1. The van der Waals surface area contributed by atoms with Crippen molar-refractivity contribution in [1.29, 1.82) is 0 Å². The Morgan fingerprint density at radius 1 is 0.923 bits per heavy atom. The zero-order valence-electron chi connectivity index (χ0n) is 13.7. The minimum Gasteiger partial charge on any atom is -0.398 e. The highest BCUT2D eigenvalue weighted by Crippen LogP contribution is 2.32. The fraction of sp³-hybridized carbons (Fsp3) is 0.111. The van der Waals surface area contributed by atoms with Gasteiger partial charge in [0.25, 0.3) is 0 Å². The lowest BCUT2D eigenvalue weighted by Gasteiger charge is -2.04. The standard InChI is InChI=1S/C18H14F3N5/c1-25-16(18(19,20)21)8-14(24-25)11-2-4-12(5-3-11)15-10-26-9-13(22)6-7-17(26)23-15/h2-10H,22H2,1H3. The van der Waals surface area contributed by atoms with Gasteiger partial charge < -0.3 is 10.1 Å². The maximum absolute atomic E-state index is 12.9. The van der Waals surface area contributed by atoms with E-state index in [9.17, 15) is 13.2 Å². The summed E-state index contributed by atoms with van der Waals surface area (Å²) in [4.78, 5) is 4.52. The molecule has 0 saturated heterocycles. The molecule has 1 aromatic carbocycles. The van der Waals surface area contributed by atoms with Crippen molar-refractivity contribution in [2.75, 3.05) is 5.73 Å². The molecular weight excluding hydrogens is 343 g/mol. The van der Waals surface area contributed by atoms with Gasteiger partial charge >= 0.3 is 6.18 Å². The molecule has 3 heterocycles. The number of fused-ring (bicyclic) bond motifs is 1. The highest BCUT2D eigenvalue weighted by atomic mass is 19.4. The summed E-state index contributed by atoms with van der Waals surface area (Å²) < 4.78 is 41.4. The third kappa shape index (κ3) is 2.79. The molecule has 26 heavy (non-hydrogen) atoms. The number of halogens is 3. The van der Waals surface area contributed by atoms with Crippen LogP contribution in [0.5, 0.6) is 0 Å². The van der Waals surface area contributed by atoms with E-state index >= 15 is 0 Å². The van der Waals surface area contributed by atoms with E-state index in [1.54, 1.807) is 24.4 Å². The lowest BCUT2D eigenvalue weighted by atomic mass is 10.1. The minimum absolute atomic E-state index is 0.272. The molecule has 4 aromatic rings. The quantitative estimate of drug-likeness (QED) is 0.590. The number of rotatable bonds is 2. The SMILES string of the molecule is Cn1nc(-c2ccc(-c3cn4cc(N)ccc4n3)cc2)cc1C(F)(F)F. The summed E-state index contributed by atoms with van der Waals surface area (Å²) in [5.41, 5.74) is 8.85. The van der Waals surface area contributed by atoms with Crippen LogP contribution in [0.25, 0.3) is 28.2 Å². The van der Waals surface area contributed by atoms with Crippen molar-refractivity contribution in [3.8, 4) is 22.5 Å². The second-order valence-corrected chi connectivity index (χ2v) is 5.97. The number of nitrogen functional groups attached to an aromatic ring is 1. The van der Waals surface area contributed by atoms with Crippen molar-refractivity contribution in [1.82, 2.24) is 19.2 Å². The second kappa shape index (κ2) is 5.62. The molecule has 132 valence electrons. The number of hydrogen-bond acceptors (Lipinski definition) is 3. The molecule has 0 aliphatic rings. The number of nitrogens with zero attached hydrogens (tertiary/aromatic N) is 4. The Hall–Kier alpha value is -3.29. The van der Waals surface area contributed by atoms with Gasteiger partial charge in [-0.05, 0) is 18.2 Å². The van der Waals surface area contributed by atoms with Gasteiger partial charge in [-0.1, -0.05) is 24.3 Å². The fourth-order valence-corrected chi connectivity index (χ4v) is 2.83. The highest BCUT2D eigenvalue weighted by Gasteiger charge is 2.35. The molecule has 0 fully saturated rings. The fourth-order valence-electron chi connectivity index (χ4n) is 2.83. The number of anilines is 1. The van der Waals surface area contributed by atoms with E-state index in [4.69, 9.17) is 5.73 Å². The first-order chi connectivity index (χ1) is 12.3. The largest absolute Gasteiger partial charge is 0.433 e. The van der Waals surface area contributed by atoms with Gasteiger partial charge in [0.2, 0.25) is 0 Å². The van der Waals surface area contributed by atoms with Gasteiger partial charge in [0.05, 0.1) is 11.4 Å². The Labute approximate surface area is 146 Å². The molecule has 0 spiro atoms. The lowest BCUT2D eigenvalue weighted by molar-refractivity contribution is -0.143. The Bertz CT molecular complexity index is 1090. The van der Waals surface area contributed by atoms with Crippen molar-refractivity contribution in [3.05, 3.63) is 60.6 Å². The molecule has 4 rings (SSSR count). The third-order valence-corrected chi connectivity index (χ3v) is 4.12. The predicted octanol–water partition coefficient (Wildman–Crippen LogP) is 4.00. The van der Waals surface area contributed by atoms with Crippen LogP contribution in [0, 0.1) is 0 Å². The average Bonchev–Trinajstić information content (AvgIpc) is 3.17. The maximum atomic E-state index is 12.9. The summed E-state index contributed by atoms with van der Waals surface area (Å²) in [5, 5.41) is 3.96. The summed E-state index contributed by atoms with van der Waals surface area (Å²) in [6.45, 7) is 0. The Kier molecular flexibility index (Phi) is 3.50. The molecule has 8 heteroatoms. The number of alkyl halides is 3. The number of aromatic nitrogens is 4. The Balaban J connectivity index is 1.68. The summed E-state index contributed by atoms with van der Waals surface area (Å²) in [7, 11) is 1.28. The number of benzene rings is 1. The van der Waals surface area contributed by atoms with Gasteiger partial charge in [-0.15, -0.1) is 0 Å². The van der Waals surface area contributed by atoms with Gasteiger partial charge in [-0.25, -0.2) is 4.98 Å². The van der Waals surface area contributed by atoms with Crippen LogP contribution in [0.3, 0.4) is 0 Å². The molecule has 0 atom stereocenters. The van der Waals surface area contributed by atoms with Crippen LogP contribution >= 0.6 is 0 Å². The molecule has 0 unspecified atom stereocenters. The van der Waals surface area contributed by atoms with Crippen LogP contribution in [0.1, 0.15) is 5.69 Å². The van der Waals surface area contributed by atoms with Crippen molar-refractivity contribution in [3.63, 3.8) is 0 Å². The van der Waals surface area contributed by atoms with Crippen LogP contribution in [0.4, 0.5) is 18.9 Å². The summed E-state index contributed by atoms with van der Waals surface area (Å²) in [6.07, 6.45) is -0.811. The summed E-state index contributed by atoms with van der Waals surface area (Å²) >= 11 is 0. The first-order valence-electron chi connectivity index (χ1n) is 7.77. The van der Waals surface area contributed by atoms with Crippen LogP contribution in [-0.2, 0) is 13.2 Å². The second-order valence-electron chi connectivity index (χ2n) is 5.97. The van der Waals surface area contributed by atoms with E-state index in [0.29, 0.717) is 11.3 Å². The Morgan fingerprint density at radius 3 is 2.19 bits per heavy atom. The van der Waals surface area contributed by atoms with E-state index in [1.807, 2.05) is 28.8 Å². The molecule has 3 aromatic heterocycles. The van der Waals surface area contributed by atoms with Crippen molar-refractivity contribution >= 4 is 11.3 Å². The Morgan fingerprint density at radius 2 is 1.58 bits per heavy atom. The van der Waals surface area contributed by atoms with Crippen LogP contribution in [0.2, 0.25) is 0 Å². The molecule has 0 saturated carbocycles. The average molecular weight is 357 g/mol. The molecular formula is C18H14F3N5. The molecule has 5 nitrogen and oxygen atoms in total.